The Labute approximate surface area is 96.8 Å². The summed E-state index contributed by atoms with van der Waals surface area (Å²) in [6, 6.07) is 3.37. The molecule has 4 heteroatoms. The van der Waals surface area contributed by atoms with Gasteiger partial charge in [0.05, 0.1) is 21.0 Å². The van der Waals surface area contributed by atoms with Crippen molar-refractivity contribution in [2.24, 2.45) is 0 Å². The minimum atomic E-state index is 0.375. The Balaban J connectivity index is 2.91. The minimum Gasteiger partial charge on any atom is -0.460 e. The molecule has 78 valence electrons. The third-order valence-electron chi connectivity index (χ3n) is 2.30. The van der Waals surface area contributed by atoms with E-state index in [0.29, 0.717) is 38.8 Å². The van der Waals surface area contributed by atoms with Gasteiger partial charge >= 0.3 is 0 Å². The van der Waals surface area contributed by atoms with Gasteiger partial charge in [-0.1, -0.05) is 30.1 Å². The third kappa shape index (κ3) is 1.54. The summed E-state index contributed by atoms with van der Waals surface area (Å²) in [4.78, 5) is 11.0. The number of hydrogen-bond acceptors (Lipinski definition) is 2. The van der Waals surface area contributed by atoms with Crippen molar-refractivity contribution in [3.05, 3.63) is 33.5 Å². The van der Waals surface area contributed by atoms with E-state index in [0.717, 1.165) is 6.29 Å². The van der Waals surface area contributed by atoms with Crippen LogP contribution in [-0.4, -0.2) is 6.29 Å². The molecule has 0 amide bonds. The molecule has 0 aliphatic carbocycles. The molecule has 1 aromatic carbocycles. The number of carbonyl (C=O) groups excluding carboxylic acids is 1. The topological polar surface area (TPSA) is 30.2 Å². The standard InChI is InChI=1S/C11H8Cl2O2/c1-2-8-6(5-14)10-9(15-8)4-3-7(12)11(10)13/h3-5H,2H2,1H3. The lowest BCUT2D eigenvalue weighted by Gasteiger charge is -1.96. The van der Waals surface area contributed by atoms with E-state index in [1.807, 2.05) is 6.92 Å². The number of hydrogen-bond donors (Lipinski definition) is 0. The first kappa shape index (κ1) is 10.5. The summed E-state index contributed by atoms with van der Waals surface area (Å²) in [5.74, 6) is 0.643. The van der Waals surface area contributed by atoms with E-state index in [-0.39, 0.29) is 0 Å². The van der Waals surface area contributed by atoms with Crippen molar-refractivity contribution >= 4 is 40.5 Å². The predicted molar refractivity (Wildman–Crippen MR) is 61.0 cm³/mol. The lowest BCUT2D eigenvalue weighted by molar-refractivity contribution is 0.112. The number of aldehydes is 1. The van der Waals surface area contributed by atoms with E-state index in [1.54, 1.807) is 12.1 Å². The van der Waals surface area contributed by atoms with Crippen molar-refractivity contribution in [3.8, 4) is 0 Å². The van der Waals surface area contributed by atoms with Gasteiger partial charge in [0.1, 0.15) is 11.3 Å². The van der Waals surface area contributed by atoms with Crippen molar-refractivity contribution in [2.75, 3.05) is 0 Å². The molecule has 2 rings (SSSR count). The molecule has 0 atom stereocenters. The number of halogens is 2. The second-order valence-corrected chi connectivity index (χ2v) is 3.93. The van der Waals surface area contributed by atoms with Crippen LogP contribution in [0.1, 0.15) is 23.0 Å². The molecule has 15 heavy (non-hydrogen) atoms. The van der Waals surface area contributed by atoms with Crippen LogP contribution < -0.4 is 0 Å². The fourth-order valence-corrected chi connectivity index (χ4v) is 2.00. The molecule has 2 nitrogen and oxygen atoms in total. The van der Waals surface area contributed by atoms with Crippen LogP contribution in [0.3, 0.4) is 0 Å². The molecule has 0 aliphatic rings. The van der Waals surface area contributed by atoms with Gasteiger partial charge in [0.15, 0.2) is 6.29 Å². The molecule has 0 aliphatic heterocycles. The quantitative estimate of drug-likeness (QED) is 0.742. The van der Waals surface area contributed by atoms with Crippen molar-refractivity contribution in [2.45, 2.75) is 13.3 Å². The Kier molecular flexibility index (Phi) is 2.72. The summed E-state index contributed by atoms with van der Waals surface area (Å²) in [5.41, 5.74) is 1.10. The molecule has 0 fully saturated rings. The van der Waals surface area contributed by atoms with E-state index in [2.05, 4.69) is 0 Å². The maximum absolute atomic E-state index is 11.0. The Hall–Kier alpha value is -0.990. The lowest BCUT2D eigenvalue weighted by atomic mass is 10.1. The highest BCUT2D eigenvalue weighted by Gasteiger charge is 2.16. The Morgan fingerprint density at radius 1 is 1.40 bits per heavy atom. The SMILES string of the molecule is CCc1oc2ccc(Cl)c(Cl)c2c1C=O. The van der Waals surface area contributed by atoms with E-state index in [1.165, 1.54) is 0 Å². The molecule has 1 aromatic heterocycles. The van der Waals surface area contributed by atoms with Crippen LogP contribution in [0.2, 0.25) is 10.0 Å². The molecule has 0 bridgehead atoms. The molecule has 0 saturated heterocycles. The summed E-state index contributed by atoms with van der Waals surface area (Å²) in [6.07, 6.45) is 1.41. The number of carbonyl (C=O) groups is 1. The maximum atomic E-state index is 11.0. The highest BCUT2D eigenvalue weighted by Crippen LogP contribution is 2.35. The summed E-state index contributed by atoms with van der Waals surface area (Å²) in [6.45, 7) is 1.92. The number of rotatable bonds is 2. The molecule has 0 saturated carbocycles. The first-order valence-electron chi connectivity index (χ1n) is 4.53. The molecular weight excluding hydrogens is 235 g/mol. The van der Waals surface area contributed by atoms with Gasteiger partial charge in [0.2, 0.25) is 0 Å². The summed E-state index contributed by atoms with van der Waals surface area (Å²) in [7, 11) is 0. The summed E-state index contributed by atoms with van der Waals surface area (Å²) >= 11 is 11.9. The van der Waals surface area contributed by atoms with Crippen LogP contribution in [0.25, 0.3) is 11.0 Å². The van der Waals surface area contributed by atoms with E-state index < -0.39 is 0 Å². The highest BCUT2D eigenvalue weighted by molar-refractivity contribution is 6.45. The second-order valence-electron chi connectivity index (χ2n) is 3.14. The Morgan fingerprint density at radius 2 is 2.13 bits per heavy atom. The summed E-state index contributed by atoms with van der Waals surface area (Å²) < 4.78 is 5.50. The van der Waals surface area contributed by atoms with Crippen molar-refractivity contribution in [1.82, 2.24) is 0 Å². The lowest BCUT2D eigenvalue weighted by Crippen LogP contribution is -1.84. The molecule has 0 radical (unpaired) electrons. The Bertz CT molecular complexity index is 529. The van der Waals surface area contributed by atoms with Crippen LogP contribution in [0.5, 0.6) is 0 Å². The van der Waals surface area contributed by atoms with Crippen LogP contribution in [-0.2, 0) is 6.42 Å². The fourth-order valence-electron chi connectivity index (χ4n) is 1.58. The van der Waals surface area contributed by atoms with E-state index in [9.17, 15) is 4.79 Å². The molecule has 2 aromatic rings. The largest absolute Gasteiger partial charge is 0.460 e. The Morgan fingerprint density at radius 3 is 2.73 bits per heavy atom. The molecular formula is C11H8Cl2O2. The van der Waals surface area contributed by atoms with Gasteiger partial charge in [-0.05, 0) is 12.1 Å². The number of aryl methyl sites for hydroxylation is 1. The number of fused-ring (bicyclic) bond motifs is 1. The molecule has 0 N–H and O–H groups in total. The van der Waals surface area contributed by atoms with Crippen LogP contribution >= 0.6 is 23.2 Å². The first-order chi connectivity index (χ1) is 7.19. The van der Waals surface area contributed by atoms with Crippen molar-refractivity contribution < 1.29 is 9.21 Å². The van der Waals surface area contributed by atoms with E-state index in [4.69, 9.17) is 27.6 Å². The molecule has 1 heterocycles. The predicted octanol–water partition coefficient (Wildman–Crippen LogP) is 4.11. The maximum Gasteiger partial charge on any atom is 0.154 e. The van der Waals surface area contributed by atoms with Crippen LogP contribution in [0, 0.1) is 0 Å². The first-order valence-corrected chi connectivity index (χ1v) is 5.29. The second kappa shape index (κ2) is 3.87. The van der Waals surface area contributed by atoms with Gasteiger partial charge in [-0.25, -0.2) is 0 Å². The number of benzene rings is 1. The summed E-state index contributed by atoms with van der Waals surface area (Å²) in [5, 5.41) is 1.41. The zero-order valence-electron chi connectivity index (χ0n) is 8.01. The normalized spacial score (nSPS) is 10.9. The van der Waals surface area contributed by atoms with Crippen molar-refractivity contribution in [3.63, 3.8) is 0 Å². The highest BCUT2D eigenvalue weighted by atomic mass is 35.5. The average molecular weight is 243 g/mol. The van der Waals surface area contributed by atoms with Gasteiger partial charge in [-0.2, -0.15) is 0 Å². The zero-order chi connectivity index (χ0) is 11.0. The van der Waals surface area contributed by atoms with E-state index >= 15 is 0 Å². The van der Waals surface area contributed by atoms with Gasteiger partial charge in [0, 0.05) is 6.42 Å². The van der Waals surface area contributed by atoms with Gasteiger partial charge in [0.25, 0.3) is 0 Å². The average Bonchev–Trinajstić information content (AvgIpc) is 2.61. The third-order valence-corrected chi connectivity index (χ3v) is 3.10. The molecule has 0 spiro atoms. The molecule has 0 unspecified atom stereocenters. The smallest absolute Gasteiger partial charge is 0.154 e. The minimum absolute atomic E-state index is 0.375. The van der Waals surface area contributed by atoms with Gasteiger partial charge < -0.3 is 4.42 Å². The van der Waals surface area contributed by atoms with Crippen LogP contribution in [0.4, 0.5) is 0 Å². The van der Waals surface area contributed by atoms with Crippen LogP contribution in [0.15, 0.2) is 16.5 Å². The van der Waals surface area contributed by atoms with Gasteiger partial charge in [-0.3, -0.25) is 4.79 Å². The monoisotopic (exact) mass is 242 g/mol. The number of furan rings is 1. The van der Waals surface area contributed by atoms with Crippen molar-refractivity contribution in [1.29, 1.82) is 0 Å². The fraction of sp³-hybridized carbons (Fsp3) is 0.182. The zero-order valence-corrected chi connectivity index (χ0v) is 9.52. The van der Waals surface area contributed by atoms with Gasteiger partial charge in [-0.15, -0.1) is 0 Å².